The molecule has 0 saturated carbocycles. The molecule has 0 bridgehead atoms. The summed E-state index contributed by atoms with van der Waals surface area (Å²) in [6.45, 7) is 1.45. The van der Waals surface area contributed by atoms with E-state index >= 15 is 0 Å². The Hall–Kier alpha value is -1.78. The van der Waals surface area contributed by atoms with Gasteiger partial charge in [-0.1, -0.05) is 0 Å². The van der Waals surface area contributed by atoms with Gasteiger partial charge in [0.15, 0.2) is 11.6 Å². The monoisotopic (exact) mass is 227 g/mol. The highest BCUT2D eigenvalue weighted by molar-refractivity contribution is 5.65. The van der Waals surface area contributed by atoms with E-state index in [1.165, 1.54) is 26.2 Å². The van der Waals surface area contributed by atoms with E-state index in [1.54, 1.807) is 0 Å². The first kappa shape index (κ1) is 12.3. The van der Waals surface area contributed by atoms with E-state index in [2.05, 4.69) is 10.8 Å². The molecule has 5 heteroatoms. The molecule has 1 rings (SSSR count). The molecule has 0 unspecified atom stereocenters. The van der Waals surface area contributed by atoms with Crippen LogP contribution in [0, 0.1) is 11.9 Å². The van der Waals surface area contributed by atoms with Crippen LogP contribution in [0.1, 0.15) is 6.92 Å². The fourth-order valence-electron chi connectivity index (χ4n) is 1.000. The van der Waals surface area contributed by atoms with E-state index in [1.807, 2.05) is 0 Å². The molecule has 0 saturated heterocycles. The average Bonchev–Trinajstić information content (AvgIpc) is 2.26. The molecule has 0 amide bonds. The number of carbonyl (C=O) groups excluding carboxylic acids is 1. The highest BCUT2D eigenvalue weighted by atomic mass is 19.1. The Labute approximate surface area is 92.9 Å². The molecule has 0 N–H and O–H groups in total. The normalized spacial score (nSPS) is 9.69. The summed E-state index contributed by atoms with van der Waals surface area (Å²) in [5, 5.41) is 0. The summed E-state index contributed by atoms with van der Waals surface area (Å²) in [5.41, 5.74) is 0. The van der Waals surface area contributed by atoms with Gasteiger partial charge in [0.25, 0.3) is 0 Å². The Balaban J connectivity index is 2.49. The molecule has 16 heavy (non-hydrogen) atoms. The van der Waals surface area contributed by atoms with Crippen LogP contribution in [0.25, 0.3) is 0 Å². The molecule has 0 fully saturated rings. The molecular formula is C11H12FO4. The highest BCUT2D eigenvalue weighted by Gasteiger charge is 2.05. The van der Waals surface area contributed by atoms with Crippen LogP contribution in [0.2, 0.25) is 0 Å². The van der Waals surface area contributed by atoms with Crippen molar-refractivity contribution in [1.29, 1.82) is 0 Å². The van der Waals surface area contributed by atoms with Crippen molar-refractivity contribution in [3.8, 4) is 11.5 Å². The predicted octanol–water partition coefficient (Wildman–Crippen LogP) is 1.58. The Morgan fingerprint density at radius 1 is 1.50 bits per heavy atom. The molecule has 0 heterocycles. The van der Waals surface area contributed by atoms with Gasteiger partial charge < -0.3 is 14.2 Å². The van der Waals surface area contributed by atoms with Crippen LogP contribution in [0.3, 0.4) is 0 Å². The molecular weight excluding hydrogens is 215 g/mol. The van der Waals surface area contributed by atoms with Crippen LogP contribution < -0.4 is 9.47 Å². The molecule has 4 nitrogen and oxygen atoms in total. The van der Waals surface area contributed by atoms with E-state index < -0.39 is 11.8 Å². The summed E-state index contributed by atoms with van der Waals surface area (Å²) in [5.74, 6) is -0.541. The van der Waals surface area contributed by atoms with Crippen LogP contribution in [-0.4, -0.2) is 26.3 Å². The summed E-state index contributed by atoms with van der Waals surface area (Å²) >= 11 is 0. The number of methoxy groups -OCH3 is 1. The van der Waals surface area contributed by atoms with Gasteiger partial charge in [0.05, 0.1) is 7.11 Å². The molecule has 0 aliphatic rings. The predicted molar refractivity (Wildman–Crippen MR) is 53.9 cm³/mol. The minimum Gasteiger partial charge on any atom is -0.497 e. The smallest absolute Gasteiger partial charge is 0.302 e. The maximum atomic E-state index is 13.1. The summed E-state index contributed by atoms with van der Waals surface area (Å²) in [4.78, 5) is 10.4. The quantitative estimate of drug-likeness (QED) is 0.566. The topological polar surface area (TPSA) is 44.8 Å². The van der Waals surface area contributed by atoms with Crippen molar-refractivity contribution < 1.29 is 23.4 Å². The fourth-order valence-corrected chi connectivity index (χ4v) is 1.000. The number of esters is 1. The van der Waals surface area contributed by atoms with Crippen molar-refractivity contribution in [2.75, 3.05) is 20.3 Å². The summed E-state index contributed by atoms with van der Waals surface area (Å²) in [6.07, 6.45) is 0. The number of benzene rings is 1. The molecule has 0 aromatic heterocycles. The minimum absolute atomic E-state index is 0.0199. The van der Waals surface area contributed by atoms with E-state index in [4.69, 9.17) is 9.47 Å². The Morgan fingerprint density at radius 2 is 2.25 bits per heavy atom. The maximum absolute atomic E-state index is 13.1. The van der Waals surface area contributed by atoms with Crippen LogP contribution in [0.5, 0.6) is 11.5 Å². The number of hydrogen-bond donors (Lipinski definition) is 0. The Kier molecular flexibility index (Phi) is 4.57. The van der Waals surface area contributed by atoms with Gasteiger partial charge in [-0.15, -0.1) is 0 Å². The summed E-state index contributed by atoms with van der Waals surface area (Å²) in [6, 6.07) is 5.12. The number of rotatable bonds is 5. The lowest BCUT2D eigenvalue weighted by Crippen LogP contribution is -2.10. The van der Waals surface area contributed by atoms with Crippen molar-refractivity contribution in [2.24, 2.45) is 0 Å². The van der Waals surface area contributed by atoms with Crippen LogP contribution in [-0.2, 0) is 9.53 Å². The molecule has 1 radical (unpaired) electrons. The zero-order valence-electron chi connectivity index (χ0n) is 9.08. The first-order valence-corrected chi connectivity index (χ1v) is 4.65. The van der Waals surface area contributed by atoms with Crippen molar-refractivity contribution in [2.45, 2.75) is 6.92 Å². The van der Waals surface area contributed by atoms with Gasteiger partial charge in [0.1, 0.15) is 19.0 Å². The zero-order chi connectivity index (χ0) is 12.0. The van der Waals surface area contributed by atoms with Crippen LogP contribution >= 0.6 is 0 Å². The molecule has 0 aliphatic heterocycles. The Bertz CT molecular complexity index is 365. The fraction of sp³-hybridized carbons (Fsp3) is 0.364. The molecule has 0 spiro atoms. The van der Waals surface area contributed by atoms with Crippen molar-refractivity contribution in [1.82, 2.24) is 0 Å². The first-order valence-electron chi connectivity index (χ1n) is 4.65. The maximum Gasteiger partial charge on any atom is 0.302 e. The molecule has 87 valence electrons. The second-order valence-electron chi connectivity index (χ2n) is 2.91. The lowest BCUT2D eigenvalue weighted by molar-refractivity contribution is -0.141. The van der Waals surface area contributed by atoms with Gasteiger partial charge in [0, 0.05) is 19.1 Å². The Morgan fingerprint density at radius 3 is 2.88 bits per heavy atom. The number of halogens is 1. The van der Waals surface area contributed by atoms with Gasteiger partial charge >= 0.3 is 5.97 Å². The number of ether oxygens (including phenoxy) is 3. The lowest BCUT2D eigenvalue weighted by Gasteiger charge is -2.08. The van der Waals surface area contributed by atoms with Crippen LogP contribution in [0.15, 0.2) is 12.1 Å². The van der Waals surface area contributed by atoms with Gasteiger partial charge in [0.2, 0.25) is 0 Å². The average molecular weight is 227 g/mol. The molecule has 1 aromatic rings. The van der Waals surface area contributed by atoms with E-state index in [0.29, 0.717) is 5.75 Å². The largest absolute Gasteiger partial charge is 0.497 e. The lowest BCUT2D eigenvalue weighted by atomic mass is 10.3. The third kappa shape index (κ3) is 3.76. The van der Waals surface area contributed by atoms with Gasteiger partial charge in [-0.25, -0.2) is 4.39 Å². The zero-order valence-corrected chi connectivity index (χ0v) is 9.08. The van der Waals surface area contributed by atoms with Gasteiger partial charge in [-0.3, -0.25) is 4.79 Å². The number of hydrogen-bond acceptors (Lipinski definition) is 4. The number of carbonyl (C=O) groups is 1. The summed E-state index contributed by atoms with van der Waals surface area (Å²) < 4.78 is 27.7. The van der Waals surface area contributed by atoms with E-state index in [9.17, 15) is 9.18 Å². The van der Waals surface area contributed by atoms with Crippen LogP contribution in [0.4, 0.5) is 4.39 Å². The first-order chi connectivity index (χ1) is 7.63. The second kappa shape index (κ2) is 5.95. The molecule has 0 atom stereocenters. The van der Waals surface area contributed by atoms with Crippen molar-refractivity contribution in [3.05, 3.63) is 24.0 Å². The minimum atomic E-state index is -0.608. The van der Waals surface area contributed by atoms with Gasteiger partial charge in [-0.2, -0.15) is 0 Å². The van der Waals surface area contributed by atoms with E-state index in [-0.39, 0.29) is 19.0 Å². The van der Waals surface area contributed by atoms with Crippen molar-refractivity contribution >= 4 is 5.97 Å². The standard InChI is InChI=1S/C11H12FO4/c1-8(13)15-5-6-16-11-7-9(14-2)3-4-10(11)12/h3,7H,5-6H2,1-2H3. The molecule has 0 aliphatic carbocycles. The third-order valence-electron chi connectivity index (χ3n) is 1.71. The summed E-state index contributed by atoms with van der Waals surface area (Å²) in [7, 11) is 1.46. The molecule has 1 aromatic carbocycles. The van der Waals surface area contributed by atoms with Crippen molar-refractivity contribution in [3.63, 3.8) is 0 Å². The van der Waals surface area contributed by atoms with Gasteiger partial charge in [-0.05, 0) is 6.07 Å². The highest BCUT2D eigenvalue weighted by Crippen LogP contribution is 2.22. The third-order valence-corrected chi connectivity index (χ3v) is 1.71. The second-order valence-corrected chi connectivity index (χ2v) is 2.91. The van der Waals surface area contributed by atoms with E-state index in [0.717, 1.165) is 0 Å². The SMILES string of the molecule is COc1c[c]c(F)c(OCCOC(C)=O)c1.